The Morgan fingerprint density at radius 1 is 1.21 bits per heavy atom. The molecule has 2 rings (SSSR count). The summed E-state index contributed by atoms with van der Waals surface area (Å²) in [6, 6.07) is 5.94. The Bertz CT molecular complexity index is 885. The number of benzene rings is 1. The van der Waals surface area contributed by atoms with Crippen LogP contribution in [0, 0.1) is 6.92 Å². The van der Waals surface area contributed by atoms with E-state index in [0.717, 1.165) is 18.2 Å². The number of aryl methyl sites for hydroxylation is 1. The average Bonchev–Trinajstić information content (AvgIpc) is 2.57. The highest BCUT2D eigenvalue weighted by Gasteiger charge is 2.31. The Hall–Kier alpha value is -2.61. The minimum absolute atomic E-state index is 0.111. The van der Waals surface area contributed by atoms with Crippen LogP contribution in [0.4, 0.5) is 19.0 Å². The number of carbonyl (C=O) groups is 2. The third-order valence-corrected chi connectivity index (χ3v) is 3.94. The molecule has 0 spiro atoms. The number of halogens is 4. The molecule has 0 bridgehead atoms. The van der Waals surface area contributed by atoms with Crippen LogP contribution in [0.15, 0.2) is 30.3 Å². The van der Waals surface area contributed by atoms with Gasteiger partial charge in [0.2, 0.25) is 5.91 Å². The third-order valence-electron chi connectivity index (χ3n) is 3.64. The van der Waals surface area contributed by atoms with Crippen molar-refractivity contribution in [3.8, 4) is 5.75 Å². The Morgan fingerprint density at radius 2 is 1.93 bits per heavy atom. The van der Waals surface area contributed by atoms with Gasteiger partial charge in [-0.15, -0.1) is 0 Å². The number of hydrogen-bond acceptors (Lipinski definition) is 4. The molecule has 1 N–H and O–H groups in total. The lowest BCUT2D eigenvalue weighted by atomic mass is 10.1. The van der Waals surface area contributed by atoms with Crippen LogP contribution in [0.2, 0.25) is 5.02 Å². The zero-order chi connectivity index (χ0) is 20.9. The van der Waals surface area contributed by atoms with Gasteiger partial charge in [-0.05, 0) is 43.7 Å². The van der Waals surface area contributed by atoms with Gasteiger partial charge in [-0.2, -0.15) is 13.2 Å². The van der Waals surface area contributed by atoms with E-state index in [4.69, 9.17) is 16.3 Å². The lowest BCUT2D eigenvalue weighted by Crippen LogP contribution is -2.10. The maximum atomic E-state index is 12.6. The van der Waals surface area contributed by atoms with Crippen LogP contribution >= 0.6 is 11.6 Å². The number of pyridine rings is 1. The fourth-order valence-electron chi connectivity index (χ4n) is 2.43. The van der Waals surface area contributed by atoms with E-state index in [1.54, 1.807) is 13.0 Å². The molecule has 1 aromatic carbocycles. The molecule has 0 unspecified atom stereocenters. The van der Waals surface area contributed by atoms with E-state index in [-0.39, 0.29) is 35.5 Å². The highest BCUT2D eigenvalue weighted by Crippen LogP contribution is 2.34. The molecule has 0 fully saturated rings. The van der Waals surface area contributed by atoms with Crippen LogP contribution in [0.25, 0.3) is 0 Å². The molecule has 0 aliphatic heterocycles. The monoisotopic (exact) mass is 414 g/mol. The van der Waals surface area contributed by atoms with Crippen LogP contribution < -0.4 is 10.1 Å². The second kappa shape index (κ2) is 9.05. The van der Waals surface area contributed by atoms with Crippen LogP contribution in [-0.4, -0.2) is 23.3 Å². The molecule has 0 atom stereocenters. The smallest absolute Gasteiger partial charge is 0.416 e. The molecule has 0 radical (unpaired) electrons. The van der Waals surface area contributed by atoms with Crippen molar-refractivity contribution >= 4 is 29.1 Å². The number of anilines is 1. The average molecular weight is 415 g/mol. The number of aromatic nitrogens is 1. The summed E-state index contributed by atoms with van der Waals surface area (Å²) < 4.78 is 43.2. The van der Waals surface area contributed by atoms with Crippen molar-refractivity contribution in [2.75, 3.05) is 11.9 Å². The van der Waals surface area contributed by atoms with E-state index in [2.05, 4.69) is 10.3 Å². The predicted octanol–water partition coefficient (Wildman–Crippen LogP) is 5.06. The molecule has 0 saturated heterocycles. The van der Waals surface area contributed by atoms with Crippen molar-refractivity contribution in [3.63, 3.8) is 0 Å². The summed E-state index contributed by atoms with van der Waals surface area (Å²) in [6.45, 7) is 3.16. The van der Waals surface area contributed by atoms with Gasteiger partial charge in [-0.1, -0.05) is 11.6 Å². The first kappa shape index (κ1) is 21.7. The molecule has 1 aromatic heterocycles. The molecule has 1 amide bonds. The molecule has 0 aliphatic rings. The fourth-order valence-corrected chi connectivity index (χ4v) is 2.66. The van der Waals surface area contributed by atoms with Gasteiger partial charge in [0.25, 0.3) is 0 Å². The van der Waals surface area contributed by atoms with Gasteiger partial charge in [0, 0.05) is 24.6 Å². The normalized spacial score (nSPS) is 11.2. The largest absolute Gasteiger partial charge is 0.492 e. The summed E-state index contributed by atoms with van der Waals surface area (Å²) in [5.41, 5.74) is 0.134. The second-order valence-corrected chi connectivity index (χ2v) is 6.49. The zero-order valence-electron chi connectivity index (χ0n) is 15.2. The van der Waals surface area contributed by atoms with E-state index in [0.29, 0.717) is 23.5 Å². The summed E-state index contributed by atoms with van der Waals surface area (Å²) in [6.07, 6.45) is -3.98. The van der Waals surface area contributed by atoms with Crippen molar-refractivity contribution in [1.82, 2.24) is 4.98 Å². The molecular weight excluding hydrogens is 397 g/mol. The number of nitrogens with one attached hydrogen (secondary N) is 1. The number of Topliss-reactive ketones (excluding diaryl/α,β-unsaturated/α-hetero) is 1. The molecular formula is C19H18ClF3N2O3. The first-order chi connectivity index (χ1) is 13.1. The van der Waals surface area contributed by atoms with Crippen molar-refractivity contribution < 1.29 is 27.5 Å². The number of alkyl halides is 3. The number of hydrogen-bond donors (Lipinski definition) is 1. The second-order valence-electron chi connectivity index (χ2n) is 6.08. The number of nitrogens with zero attached hydrogens (tertiary/aromatic N) is 1. The van der Waals surface area contributed by atoms with E-state index < -0.39 is 11.7 Å². The molecule has 0 aliphatic carbocycles. The zero-order valence-corrected chi connectivity index (χ0v) is 15.9. The molecule has 150 valence electrons. The quantitative estimate of drug-likeness (QED) is 0.507. The molecule has 5 nitrogen and oxygen atoms in total. The van der Waals surface area contributed by atoms with Crippen LogP contribution in [0.5, 0.6) is 5.75 Å². The van der Waals surface area contributed by atoms with Crippen LogP contribution in [0.3, 0.4) is 0 Å². The van der Waals surface area contributed by atoms with Crippen LogP contribution in [0.1, 0.15) is 41.4 Å². The van der Waals surface area contributed by atoms with Gasteiger partial charge in [0.1, 0.15) is 11.6 Å². The first-order valence-electron chi connectivity index (χ1n) is 8.35. The Labute approximate surface area is 164 Å². The number of carbonyl (C=O) groups excluding carboxylic acids is 2. The Balaban J connectivity index is 1.91. The summed E-state index contributed by atoms with van der Waals surface area (Å²) >= 11 is 5.82. The molecule has 2 aromatic rings. The number of rotatable bonds is 7. The topological polar surface area (TPSA) is 68.3 Å². The lowest BCUT2D eigenvalue weighted by molar-refractivity contribution is -0.137. The van der Waals surface area contributed by atoms with Crippen molar-refractivity contribution in [2.24, 2.45) is 0 Å². The van der Waals surface area contributed by atoms with E-state index in [1.165, 1.54) is 13.0 Å². The molecule has 9 heteroatoms. The van der Waals surface area contributed by atoms with E-state index in [9.17, 15) is 22.8 Å². The van der Waals surface area contributed by atoms with Gasteiger partial charge >= 0.3 is 6.18 Å². The summed E-state index contributed by atoms with van der Waals surface area (Å²) in [5.74, 6) is -0.0454. The highest BCUT2D eigenvalue weighted by molar-refractivity contribution is 6.32. The molecule has 0 saturated carbocycles. The summed E-state index contributed by atoms with van der Waals surface area (Å²) in [7, 11) is 0. The Morgan fingerprint density at radius 3 is 2.54 bits per heavy atom. The van der Waals surface area contributed by atoms with E-state index >= 15 is 0 Å². The fraction of sp³-hybridized carbons (Fsp3) is 0.316. The lowest BCUT2D eigenvalue weighted by Gasteiger charge is -2.11. The van der Waals surface area contributed by atoms with Gasteiger partial charge < -0.3 is 10.1 Å². The molecule has 1 heterocycles. The van der Waals surface area contributed by atoms with Gasteiger partial charge in [-0.3, -0.25) is 9.59 Å². The van der Waals surface area contributed by atoms with Gasteiger partial charge in [-0.25, -0.2) is 4.98 Å². The van der Waals surface area contributed by atoms with Gasteiger partial charge in [0.05, 0.1) is 17.2 Å². The maximum Gasteiger partial charge on any atom is 0.416 e. The number of ketones is 1. The standard InChI is InChI=1S/C19H18ClF3N2O3/c1-11-8-13(9-18(24-11)25-12(2)26)16(27)4-3-7-28-17-6-5-14(10-15(17)20)19(21,22)23/h5-6,8-10H,3-4,7H2,1-2H3,(H,24,25,26). The minimum Gasteiger partial charge on any atom is -0.492 e. The van der Waals surface area contributed by atoms with E-state index in [1.807, 2.05) is 0 Å². The molecule has 28 heavy (non-hydrogen) atoms. The summed E-state index contributed by atoms with van der Waals surface area (Å²) in [4.78, 5) is 27.6. The van der Waals surface area contributed by atoms with Crippen molar-refractivity contribution in [1.29, 1.82) is 0 Å². The van der Waals surface area contributed by atoms with Gasteiger partial charge in [0.15, 0.2) is 5.78 Å². The predicted molar refractivity (Wildman–Crippen MR) is 98.8 cm³/mol. The Kier molecular flexibility index (Phi) is 7.01. The maximum absolute atomic E-state index is 12.6. The number of amides is 1. The van der Waals surface area contributed by atoms with Crippen molar-refractivity contribution in [3.05, 3.63) is 52.2 Å². The highest BCUT2D eigenvalue weighted by atomic mass is 35.5. The summed E-state index contributed by atoms with van der Waals surface area (Å²) in [5, 5.41) is 2.38. The SMILES string of the molecule is CC(=O)Nc1cc(C(=O)CCCOc2ccc(C(F)(F)F)cc2Cl)cc(C)n1. The van der Waals surface area contributed by atoms with Crippen molar-refractivity contribution in [2.45, 2.75) is 32.9 Å². The van der Waals surface area contributed by atoms with Crippen LogP contribution in [-0.2, 0) is 11.0 Å². The minimum atomic E-state index is -4.48. The number of ether oxygens (including phenoxy) is 1. The third kappa shape index (κ3) is 6.23. The first-order valence-corrected chi connectivity index (χ1v) is 8.73.